The van der Waals surface area contributed by atoms with Crippen molar-refractivity contribution in [2.24, 2.45) is 0 Å². The summed E-state index contributed by atoms with van der Waals surface area (Å²) >= 11 is 0. The summed E-state index contributed by atoms with van der Waals surface area (Å²) in [6, 6.07) is 10.8. The lowest BCUT2D eigenvalue weighted by Gasteiger charge is -2.43. The number of benzene rings is 1. The summed E-state index contributed by atoms with van der Waals surface area (Å²) in [6.45, 7) is 0.762. The molecule has 0 amide bonds. The highest BCUT2D eigenvalue weighted by molar-refractivity contribution is 7.88. The lowest BCUT2D eigenvalue weighted by Crippen LogP contribution is -2.58. The Labute approximate surface area is 194 Å². The van der Waals surface area contributed by atoms with E-state index in [-0.39, 0.29) is 18.5 Å². The third kappa shape index (κ3) is 6.02. The molecule has 1 aromatic heterocycles. The number of piperidine rings is 1. The van der Waals surface area contributed by atoms with Crippen molar-refractivity contribution in [2.75, 3.05) is 24.3 Å². The monoisotopic (exact) mass is 477 g/mol. The summed E-state index contributed by atoms with van der Waals surface area (Å²) in [5, 5.41) is 0. The molecule has 1 saturated heterocycles. The Balaban J connectivity index is 1.46. The number of ether oxygens (including phenoxy) is 1. The number of hydrogen-bond donors (Lipinski definition) is 2. The van der Waals surface area contributed by atoms with Crippen LogP contribution in [0.15, 0.2) is 47.4 Å². The lowest BCUT2D eigenvalue weighted by molar-refractivity contribution is 0.0100. The SMILES string of the molecule is CS(=O)(=O)N[C@H]1CCCN(c2[nH]ccc(=O)c2F)[C@H]1COC1CCC(c2ccccc2)CC1. The first-order valence-corrected chi connectivity index (χ1v) is 13.5. The lowest BCUT2D eigenvalue weighted by atomic mass is 9.83. The highest BCUT2D eigenvalue weighted by Gasteiger charge is 2.36. The van der Waals surface area contributed by atoms with Gasteiger partial charge in [0.2, 0.25) is 21.3 Å². The third-order valence-corrected chi connectivity index (χ3v) is 7.49. The van der Waals surface area contributed by atoms with Crippen molar-refractivity contribution in [2.45, 2.75) is 62.6 Å². The van der Waals surface area contributed by atoms with E-state index in [0.717, 1.165) is 38.0 Å². The number of halogens is 1. The molecule has 9 heteroatoms. The van der Waals surface area contributed by atoms with Crippen molar-refractivity contribution in [1.82, 2.24) is 9.71 Å². The third-order valence-electron chi connectivity index (χ3n) is 6.76. The zero-order valence-electron chi connectivity index (χ0n) is 18.9. The molecule has 4 rings (SSSR count). The average Bonchev–Trinajstić information content (AvgIpc) is 2.80. The summed E-state index contributed by atoms with van der Waals surface area (Å²) in [5.41, 5.74) is 0.663. The van der Waals surface area contributed by atoms with Crippen LogP contribution in [-0.4, -0.2) is 51.0 Å². The van der Waals surface area contributed by atoms with Gasteiger partial charge in [-0.1, -0.05) is 30.3 Å². The summed E-state index contributed by atoms with van der Waals surface area (Å²) in [4.78, 5) is 16.5. The Morgan fingerprint density at radius 2 is 1.85 bits per heavy atom. The Hall–Kier alpha value is -2.23. The predicted molar refractivity (Wildman–Crippen MR) is 127 cm³/mol. The van der Waals surface area contributed by atoms with E-state index < -0.39 is 33.4 Å². The number of aromatic amines is 1. The van der Waals surface area contributed by atoms with E-state index in [9.17, 15) is 17.6 Å². The number of pyridine rings is 1. The molecular formula is C24H32FN3O4S. The van der Waals surface area contributed by atoms with Crippen LogP contribution in [0.2, 0.25) is 0 Å². The molecule has 7 nitrogen and oxygen atoms in total. The van der Waals surface area contributed by atoms with Crippen LogP contribution < -0.4 is 15.1 Å². The second kappa shape index (κ2) is 10.4. The number of nitrogens with zero attached hydrogens (tertiary/aromatic N) is 1. The normalized spacial score (nSPS) is 26.3. The quantitative estimate of drug-likeness (QED) is 0.639. The van der Waals surface area contributed by atoms with Crippen molar-refractivity contribution < 1.29 is 17.5 Å². The van der Waals surface area contributed by atoms with E-state index in [0.29, 0.717) is 25.3 Å². The summed E-state index contributed by atoms with van der Waals surface area (Å²) in [5.74, 6) is -0.241. The van der Waals surface area contributed by atoms with Gasteiger partial charge in [-0.25, -0.2) is 13.1 Å². The molecule has 2 atom stereocenters. The van der Waals surface area contributed by atoms with Crippen molar-refractivity contribution in [3.8, 4) is 0 Å². The van der Waals surface area contributed by atoms with Crippen molar-refractivity contribution in [3.05, 3.63) is 64.2 Å². The smallest absolute Gasteiger partial charge is 0.219 e. The summed E-state index contributed by atoms with van der Waals surface area (Å²) in [7, 11) is -3.46. The van der Waals surface area contributed by atoms with Crippen LogP contribution >= 0.6 is 0 Å². The van der Waals surface area contributed by atoms with Gasteiger partial charge < -0.3 is 14.6 Å². The molecule has 2 heterocycles. The van der Waals surface area contributed by atoms with Crippen molar-refractivity contribution in [3.63, 3.8) is 0 Å². The van der Waals surface area contributed by atoms with Gasteiger partial charge in [-0.3, -0.25) is 4.79 Å². The molecule has 1 saturated carbocycles. The number of sulfonamides is 1. The Bertz CT molecular complexity index is 1080. The van der Waals surface area contributed by atoms with Gasteiger partial charge in [-0.15, -0.1) is 0 Å². The molecule has 0 radical (unpaired) electrons. The first kappa shape index (κ1) is 23.9. The molecule has 2 N–H and O–H groups in total. The average molecular weight is 478 g/mol. The highest BCUT2D eigenvalue weighted by Crippen LogP contribution is 2.34. The first-order valence-electron chi connectivity index (χ1n) is 11.6. The van der Waals surface area contributed by atoms with E-state index in [1.807, 2.05) is 6.07 Å². The predicted octanol–water partition coefficient (Wildman–Crippen LogP) is 3.14. The minimum absolute atomic E-state index is 0.0762. The fraction of sp³-hybridized carbons (Fsp3) is 0.542. The van der Waals surface area contributed by atoms with Crippen LogP contribution in [0.25, 0.3) is 0 Å². The number of anilines is 1. The van der Waals surface area contributed by atoms with Crippen LogP contribution in [0.5, 0.6) is 0 Å². The van der Waals surface area contributed by atoms with E-state index in [1.54, 1.807) is 4.90 Å². The number of aromatic nitrogens is 1. The fourth-order valence-corrected chi connectivity index (χ4v) is 5.96. The molecule has 1 aromatic carbocycles. The second-order valence-electron chi connectivity index (χ2n) is 9.12. The minimum atomic E-state index is -3.46. The molecule has 2 aromatic rings. The van der Waals surface area contributed by atoms with Gasteiger partial charge in [0, 0.05) is 24.8 Å². The maximum atomic E-state index is 14.7. The van der Waals surface area contributed by atoms with E-state index >= 15 is 0 Å². The van der Waals surface area contributed by atoms with Gasteiger partial charge in [-0.2, -0.15) is 4.39 Å². The molecule has 180 valence electrons. The molecule has 1 aliphatic heterocycles. The molecule has 0 spiro atoms. The fourth-order valence-electron chi connectivity index (χ4n) is 5.13. The van der Waals surface area contributed by atoms with Crippen LogP contribution in [-0.2, 0) is 14.8 Å². The molecule has 0 bridgehead atoms. The van der Waals surface area contributed by atoms with Gasteiger partial charge in [0.05, 0.1) is 25.0 Å². The number of H-pyrrole nitrogens is 1. The van der Waals surface area contributed by atoms with Gasteiger partial charge in [-0.05, 0) is 50.0 Å². The van der Waals surface area contributed by atoms with Gasteiger partial charge in [0.25, 0.3) is 0 Å². The van der Waals surface area contributed by atoms with Crippen LogP contribution in [0.3, 0.4) is 0 Å². The largest absolute Gasteiger partial charge is 0.376 e. The maximum Gasteiger partial charge on any atom is 0.219 e. The van der Waals surface area contributed by atoms with E-state index in [4.69, 9.17) is 4.74 Å². The molecule has 0 unspecified atom stereocenters. The van der Waals surface area contributed by atoms with Crippen molar-refractivity contribution >= 4 is 15.8 Å². The number of rotatable bonds is 7. The van der Waals surface area contributed by atoms with E-state index in [2.05, 4.69) is 34.0 Å². The van der Waals surface area contributed by atoms with Gasteiger partial charge in [0.15, 0.2) is 0 Å². The van der Waals surface area contributed by atoms with Crippen LogP contribution in [0.1, 0.15) is 50.0 Å². The summed E-state index contributed by atoms with van der Waals surface area (Å²) < 4.78 is 47.6. The maximum absolute atomic E-state index is 14.7. The highest BCUT2D eigenvalue weighted by atomic mass is 32.2. The Morgan fingerprint density at radius 3 is 2.55 bits per heavy atom. The van der Waals surface area contributed by atoms with Crippen molar-refractivity contribution in [1.29, 1.82) is 0 Å². The molecule has 1 aliphatic carbocycles. The van der Waals surface area contributed by atoms with Crippen LogP contribution in [0.4, 0.5) is 10.2 Å². The topological polar surface area (TPSA) is 91.5 Å². The molecule has 2 fully saturated rings. The second-order valence-corrected chi connectivity index (χ2v) is 10.9. The van der Waals surface area contributed by atoms with Gasteiger partial charge in [0.1, 0.15) is 5.82 Å². The van der Waals surface area contributed by atoms with Gasteiger partial charge >= 0.3 is 0 Å². The van der Waals surface area contributed by atoms with E-state index in [1.165, 1.54) is 11.8 Å². The Kier molecular flexibility index (Phi) is 7.51. The standard InChI is InChI=1S/C24H32FN3O4S/c1-33(30,31)27-20-8-5-15-28(24-23(25)22(29)13-14-26-24)21(20)16-32-19-11-9-18(10-12-19)17-6-3-2-4-7-17/h2-4,6-7,13-14,18-21,27H,5,8-12,15-16H2,1H3,(H,26,29)/t18?,19?,20-,21-/m0/s1. The number of nitrogens with one attached hydrogen (secondary N) is 2. The van der Waals surface area contributed by atoms with Crippen LogP contribution in [0, 0.1) is 5.82 Å². The number of hydrogen-bond acceptors (Lipinski definition) is 5. The molecule has 33 heavy (non-hydrogen) atoms. The minimum Gasteiger partial charge on any atom is -0.376 e. The zero-order valence-corrected chi connectivity index (χ0v) is 19.7. The molecule has 2 aliphatic rings. The summed E-state index contributed by atoms with van der Waals surface area (Å²) in [6.07, 6.45) is 7.83. The zero-order chi connectivity index (χ0) is 23.4. The Morgan fingerprint density at radius 1 is 1.12 bits per heavy atom. The molecular weight excluding hydrogens is 445 g/mol. The first-order chi connectivity index (χ1) is 15.8.